The van der Waals surface area contributed by atoms with Crippen LogP contribution in [-0.4, -0.2) is 11.9 Å². The van der Waals surface area contributed by atoms with Crippen molar-refractivity contribution < 1.29 is 9.59 Å². The van der Waals surface area contributed by atoms with E-state index in [1.807, 2.05) is 55.5 Å². The highest BCUT2D eigenvalue weighted by molar-refractivity contribution is 6.01. The number of hydrogen-bond donors (Lipinski definition) is 3. The Balaban J connectivity index is 1.62. The van der Waals surface area contributed by atoms with Gasteiger partial charge >= 0.3 is 6.03 Å². The second-order valence-electron chi connectivity index (χ2n) is 6.13. The number of para-hydroxylation sites is 1. The molecule has 5 heteroatoms. The van der Waals surface area contributed by atoms with Gasteiger partial charge < -0.3 is 16.0 Å². The maximum Gasteiger partial charge on any atom is 0.323 e. The van der Waals surface area contributed by atoms with E-state index in [2.05, 4.69) is 16.0 Å². The van der Waals surface area contributed by atoms with Crippen LogP contribution in [0.4, 0.5) is 16.2 Å². The third kappa shape index (κ3) is 5.19. The van der Waals surface area contributed by atoms with E-state index in [1.165, 1.54) is 0 Å². The molecule has 0 aliphatic rings. The van der Waals surface area contributed by atoms with Crippen LogP contribution in [0, 0.1) is 0 Å². The maximum atomic E-state index is 12.5. The number of carbonyl (C=O) groups is 2. The summed E-state index contributed by atoms with van der Waals surface area (Å²) in [6.45, 7) is 1.93. The van der Waals surface area contributed by atoms with Crippen molar-refractivity contribution in [3.63, 3.8) is 0 Å². The van der Waals surface area contributed by atoms with Crippen LogP contribution in [0.5, 0.6) is 0 Å². The van der Waals surface area contributed by atoms with E-state index in [0.717, 1.165) is 5.56 Å². The summed E-state index contributed by atoms with van der Waals surface area (Å²) < 4.78 is 0. The third-order valence-electron chi connectivity index (χ3n) is 4.06. The van der Waals surface area contributed by atoms with E-state index in [1.54, 1.807) is 36.4 Å². The molecule has 27 heavy (non-hydrogen) atoms. The molecule has 0 aromatic heterocycles. The molecule has 5 nitrogen and oxygen atoms in total. The zero-order valence-electron chi connectivity index (χ0n) is 15.0. The van der Waals surface area contributed by atoms with Crippen LogP contribution in [0.1, 0.15) is 28.9 Å². The van der Waals surface area contributed by atoms with Gasteiger partial charge in [0.25, 0.3) is 5.91 Å². The van der Waals surface area contributed by atoms with Gasteiger partial charge in [-0.1, -0.05) is 54.6 Å². The molecule has 1 unspecified atom stereocenters. The third-order valence-corrected chi connectivity index (χ3v) is 4.06. The van der Waals surface area contributed by atoms with E-state index in [-0.39, 0.29) is 18.0 Å². The molecular weight excluding hydrogens is 338 g/mol. The zero-order valence-corrected chi connectivity index (χ0v) is 15.0. The summed E-state index contributed by atoms with van der Waals surface area (Å²) >= 11 is 0. The first-order chi connectivity index (χ1) is 13.1. The highest BCUT2D eigenvalue weighted by Crippen LogP contribution is 2.15. The van der Waals surface area contributed by atoms with Crippen LogP contribution in [0.25, 0.3) is 0 Å². The Morgan fingerprint density at radius 3 is 2.04 bits per heavy atom. The fourth-order valence-electron chi connectivity index (χ4n) is 2.66. The molecule has 0 spiro atoms. The molecule has 1 atom stereocenters. The highest BCUT2D eigenvalue weighted by atomic mass is 16.2. The van der Waals surface area contributed by atoms with Crippen LogP contribution in [-0.2, 0) is 0 Å². The summed E-state index contributed by atoms with van der Waals surface area (Å²) in [7, 11) is 0. The predicted octanol–water partition coefficient (Wildman–Crippen LogP) is 4.82. The van der Waals surface area contributed by atoms with Gasteiger partial charge in [-0.15, -0.1) is 0 Å². The molecule has 3 N–H and O–H groups in total. The molecule has 0 fully saturated rings. The van der Waals surface area contributed by atoms with Crippen LogP contribution in [0.2, 0.25) is 0 Å². The molecule has 0 heterocycles. The van der Waals surface area contributed by atoms with Crippen molar-refractivity contribution in [2.45, 2.75) is 13.0 Å². The highest BCUT2D eigenvalue weighted by Gasteiger charge is 2.12. The van der Waals surface area contributed by atoms with E-state index in [4.69, 9.17) is 0 Å². The van der Waals surface area contributed by atoms with Gasteiger partial charge in [0.2, 0.25) is 0 Å². The Morgan fingerprint density at radius 2 is 1.33 bits per heavy atom. The quantitative estimate of drug-likeness (QED) is 0.611. The van der Waals surface area contributed by atoms with Crippen molar-refractivity contribution in [1.82, 2.24) is 5.32 Å². The van der Waals surface area contributed by atoms with Gasteiger partial charge in [-0.05, 0) is 42.8 Å². The minimum Gasteiger partial charge on any atom is -0.346 e. The Morgan fingerprint density at radius 1 is 0.741 bits per heavy atom. The molecule has 0 aliphatic heterocycles. The molecule has 3 rings (SSSR count). The van der Waals surface area contributed by atoms with E-state index >= 15 is 0 Å². The van der Waals surface area contributed by atoms with Gasteiger partial charge in [-0.3, -0.25) is 4.79 Å². The Bertz CT molecular complexity index is 911. The first-order valence-electron chi connectivity index (χ1n) is 8.71. The number of anilines is 2. The fourth-order valence-corrected chi connectivity index (χ4v) is 2.66. The van der Waals surface area contributed by atoms with Crippen molar-refractivity contribution in [3.8, 4) is 0 Å². The zero-order chi connectivity index (χ0) is 19.1. The standard InChI is InChI=1S/C22H21N3O2/c1-16(17-9-4-2-5-10-17)23-21(26)18-11-8-14-20(15-18)25-22(27)24-19-12-6-3-7-13-19/h2-16H,1H3,(H,23,26)(H2,24,25,27). The topological polar surface area (TPSA) is 70.2 Å². The lowest BCUT2D eigenvalue weighted by atomic mass is 10.1. The second-order valence-corrected chi connectivity index (χ2v) is 6.13. The average Bonchev–Trinajstić information content (AvgIpc) is 2.69. The SMILES string of the molecule is CC(NC(=O)c1cccc(NC(=O)Nc2ccccc2)c1)c1ccccc1. The van der Waals surface area contributed by atoms with E-state index < -0.39 is 0 Å². The molecule has 3 aromatic carbocycles. The van der Waals surface area contributed by atoms with Gasteiger partial charge in [0.1, 0.15) is 0 Å². The lowest BCUT2D eigenvalue weighted by molar-refractivity contribution is 0.0940. The molecule has 0 bridgehead atoms. The number of carbonyl (C=O) groups excluding carboxylic acids is 2. The van der Waals surface area contributed by atoms with Gasteiger partial charge in [-0.2, -0.15) is 0 Å². The molecule has 0 radical (unpaired) electrons. The number of hydrogen-bond acceptors (Lipinski definition) is 2. The van der Waals surface area contributed by atoms with Gasteiger partial charge in [0.05, 0.1) is 6.04 Å². The minimum absolute atomic E-state index is 0.114. The number of amides is 3. The molecule has 0 aliphatic carbocycles. The van der Waals surface area contributed by atoms with E-state index in [0.29, 0.717) is 16.9 Å². The fraction of sp³-hybridized carbons (Fsp3) is 0.0909. The summed E-state index contributed by atoms with van der Waals surface area (Å²) in [4.78, 5) is 24.6. The van der Waals surface area contributed by atoms with Crippen molar-refractivity contribution in [2.24, 2.45) is 0 Å². The Labute approximate surface area is 158 Å². The summed E-state index contributed by atoms with van der Waals surface area (Å²) in [6.07, 6.45) is 0. The number of urea groups is 1. The summed E-state index contributed by atoms with van der Waals surface area (Å²) in [5, 5.41) is 8.45. The largest absolute Gasteiger partial charge is 0.346 e. The molecule has 0 saturated carbocycles. The monoisotopic (exact) mass is 359 g/mol. The Hall–Kier alpha value is -3.60. The van der Waals surface area contributed by atoms with Crippen molar-refractivity contribution >= 4 is 23.3 Å². The predicted molar refractivity (Wildman–Crippen MR) is 108 cm³/mol. The van der Waals surface area contributed by atoms with Gasteiger partial charge in [0.15, 0.2) is 0 Å². The maximum absolute atomic E-state index is 12.5. The second kappa shape index (κ2) is 8.67. The first-order valence-corrected chi connectivity index (χ1v) is 8.71. The summed E-state index contributed by atoms with van der Waals surface area (Å²) in [5.41, 5.74) is 2.75. The molecule has 136 valence electrons. The minimum atomic E-state index is -0.364. The lowest BCUT2D eigenvalue weighted by Gasteiger charge is -2.15. The van der Waals surface area contributed by atoms with Crippen LogP contribution in [0.15, 0.2) is 84.9 Å². The summed E-state index contributed by atoms with van der Waals surface area (Å²) in [5.74, 6) is -0.196. The summed E-state index contributed by atoms with van der Waals surface area (Å²) in [6, 6.07) is 25.3. The average molecular weight is 359 g/mol. The lowest BCUT2D eigenvalue weighted by Crippen LogP contribution is -2.26. The van der Waals surface area contributed by atoms with E-state index in [9.17, 15) is 9.59 Å². The Kier molecular flexibility index (Phi) is 5.84. The van der Waals surface area contributed by atoms with Gasteiger partial charge in [-0.25, -0.2) is 4.79 Å². The van der Waals surface area contributed by atoms with Crippen LogP contribution in [0.3, 0.4) is 0 Å². The van der Waals surface area contributed by atoms with Crippen molar-refractivity contribution in [1.29, 1.82) is 0 Å². The molecule has 0 saturated heterocycles. The molecule has 3 amide bonds. The normalized spacial score (nSPS) is 11.3. The van der Waals surface area contributed by atoms with Crippen LogP contribution < -0.4 is 16.0 Å². The van der Waals surface area contributed by atoms with Gasteiger partial charge in [0, 0.05) is 16.9 Å². The number of benzene rings is 3. The van der Waals surface area contributed by atoms with Crippen molar-refractivity contribution in [2.75, 3.05) is 10.6 Å². The molecule has 3 aromatic rings. The van der Waals surface area contributed by atoms with Crippen molar-refractivity contribution in [3.05, 3.63) is 96.1 Å². The molecular formula is C22H21N3O2. The first kappa shape index (κ1) is 18.2. The smallest absolute Gasteiger partial charge is 0.323 e. The number of nitrogens with one attached hydrogen (secondary N) is 3. The van der Waals surface area contributed by atoms with Crippen LogP contribution >= 0.6 is 0 Å². The number of rotatable bonds is 5.